The fourth-order valence-corrected chi connectivity index (χ4v) is 1.82. The van der Waals surface area contributed by atoms with Crippen molar-refractivity contribution in [1.82, 2.24) is 0 Å². The molecule has 66 valence electrons. The number of rotatable bonds is 1. The molecule has 1 rings (SSSR count). The molecule has 0 aliphatic carbocycles. The van der Waals surface area contributed by atoms with Gasteiger partial charge in [-0.05, 0) is 18.2 Å². The van der Waals surface area contributed by atoms with Gasteiger partial charge in [-0.15, -0.1) is 0 Å². The molecule has 0 saturated carbocycles. The van der Waals surface area contributed by atoms with Crippen LogP contribution in [0.4, 0.5) is 0 Å². The van der Waals surface area contributed by atoms with E-state index in [0.29, 0.717) is 4.47 Å². The third-order valence-corrected chi connectivity index (χ3v) is 2.58. The molecule has 0 saturated heterocycles. The van der Waals surface area contributed by atoms with E-state index in [2.05, 4.69) is 15.9 Å². The molecule has 0 aliphatic heterocycles. The van der Waals surface area contributed by atoms with Crippen LogP contribution in [-0.4, -0.2) is 18.1 Å². The van der Waals surface area contributed by atoms with Crippen molar-refractivity contribution in [3.63, 3.8) is 0 Å². The molecule has 0 amide bonds. The van der Waals surface area contributed by atoms with Gasteiger partial charge in [0.15, 0.2) is 0 Å². The lowest BCUT2D eigenvalue weighted by Gasteiger charge is -2.00. The Kier molecular flexibility index (Phi) is 2.41. The van der Waals surface area contributed by atoms with Crippen LogP contribution in [0.3, 0.4) is 0 Å². The molecule has 0 fully saturated rings. The summed E-state index contributed by atoms with van der Waals surface area (Å²) < 4.78 is 30.2. The van der Waals surface area contributed by atoms with Gasteiger partial charge in [-0.3, -0.25) is 4.55 Å². The van der Waals surface area contributed by atoms with Crippen molar-refractivity contribution < 1.29 is 18.1 Å². The standard InChI is InChI=1S/C6H5BrO4S/c7-4-1-2-5(8)6(3-4)12(9,10)11/h1-3,8H,(H,9,10,11). The van der Waals surface area contributed by atoms with Crippen molar-refractivity contribution in [3.05, 3.63) is 22.7 Å². The summed E-state index contributed by atoms with van der Waals surface area (Å²) in [6.45, 7) is 0. The van der Waals surface area contributed by atoms with Gasteiger partial charge < -0.3 is 5.11 Å². The Morgan fingerprint density at radius 3 is 2.33 bits per heavy atom. The summed E-state index contributed by atoms with van der Waals surface area (Å²) in [6, 6.07) is 3.75. The second kappa shape index (κ2) is 3.04. The van der Waals surface area contributed by atoms with Crippen molar-refractivity contribution in [2.24, 2.45) is 0 Å². The molecule has 0 spiro atoms. The minimum atomic E-state index is -4.34. The smallest absolute Gasteiger partial charge is 0.298 e. The molecule has 4 nitrogen and oxygen atoms in total. The molecule has 0 radical (unpaired) electrons. The largest absolute Gasteiger partial charge is 0.506 e. The van der Waals surface area contributed by atoms with Gasteiger partial charge in [0.1, 0.15) is 10.6 Å². The molecule has 0 unspecified atom stereocenters. The van der Waals surface area contributed by atoms with Crippen LogP contribution in [0, 0.1) is 0 Å². The molecular formula is C6H5BrO4S. The topological polar surface area (TPSA) is 74.6 Å². The quantitative estimate of drug-likeness (QED) is 0.742. The molecule has 0 aromatic heterocycles. The maximum atomic E-state index is 10.6. The zero-order chi connectivity index (χ0) is 9.35. The van der Waals surface area contributed by atoms with Crippen LogP contribution < -0.4 is 0 Å². The highest BCUT2D eigenvalue weighted by atomic mass is 79.9. The van der Waals surface area contributed by atoms with E-state index in [1.54, 1.807) is 0 Å². The highest BCUT2D eigenvalue weighted by Crippen LogP contribution is 2.25. The summed E-state index contributed by atoms with van der Waals surface area (Å²) in [5.74, 6) is -0.472. The Morgan fingerprint density at radius 2 is 1.92 bits per heavy atom. The molecule has 0 bridgehead atoms. The summed E-state index contributed by atoms with van der Waals surface area (Å²) in [4.78, 5) is -0.503. The molecule has 0 atom stereocenters. The van der Waals surface area contributed by atoms with E-state index < -0.39 is 20.8 Å². The lowest BCUT2D eigenvalue weighted by atomic mass is 10.3. The second-order valence-electron chi connectivity index (χ2n) is 2.09. The van der Waals surface area contributed by atoms with Crippen LogP contribution in [0.5, 0.6) is 5.75 Å². The Bertz CT molecular complexity index is 398. The normalized spacial score (nSPS) is 11.5. The molecule has 6 heteroatoms. The lowest BCUT2D eigenvalue weighted by molar-refractivity contribution is 0.443. The van der Waals surface area contributed by atoms with E-state index >= 15 is 0 Å². The van der Waals surface area contributed by atoms with Crippen molar-refractivity contribution in [3.8, 4) is 5.75 Å². The molecule has 2 N–H and O–H groups in total. The first-order valence-electron chi connectivity index (χ1n) is 2.87. The van der Waals surface area contributed by atoms with Crippen LogP contribution in [0.25, 0.3) is 0 Å². The molecule has 12 heavy (non-hydrogen) atoms. The highest BCUT2D eigenvalue weighted by Gasteiger charge is 2.14. The predicted octanol–water partition coefficient (Wildman–Crippen LogP) is 1.40. The number of phenolic OH excluding ortho intramolecular Hbond substituents is 1. The molecule has 1 aromatic rings. The number of phenols is 1. The maximum Gasteiger partial charge on any atom is 0.298 e. The SMILES string of the molecule is O=S(=O)(O)c1cc(Br)ccc1O. The van der Waals surface area contributed by atoms with Crippen LogP contribution in [0.15, 0.2) is 27.6 Å². The molecule has 0 heterocycles. The van der Waals surface area contributed by atoms with Crippen molar-refractivity contribution in [2.45, 2.75) is 4.90 Å². The summed E-state index contributed by atoms with van der Waals surface area (Å²) in [7, 11) is -4.34. The third kappa shape index (κ3) is 1.96. The Hall–Kier alpha value is -0.590. The Labute approximate surface area is 77.7 Å². The number of halogens is 1. The summed E-state index contributed by atoms with van der Waals surface area (Å²) >= 11 is 3.00. The van der Waals surface area contributed by atoms with E-state index in [9.17, 15) is 8.42 Å². The third-order valence-electron chi connectivity index (χ3n) is 1.20. The predicted molar refractivity (Wildman–Crippen MR) is 45.6 cm³/mol. The van der Waals surface area contributed by atoms with Gasteiger partial charge >= 0.3 is 0 Å². The number of hydrogen-bond acceptors (Lipinski definition) is 3. The zero-order valence-electron chi connectivity index (χ0n) is 5.73. The van der Waals surface area contributed by atoms with E-state index in [4.69, 9.17) is 9.66 Å². The second-order valence-corrected chi connectivity index (χ2v) is 4.39. The van der Waals surface area contributed by atoms with E-state index in [-0.39, 0.29) is 0 Å². The lowest BCUT2D eigenvalue weighted by Crippen LogP contribution is -1.97. The van der Waals surface area contributed by atoms with E-state index in [0.717, 1.165) is 6.07 Å². The van der Waals surface area contributed by atoms with Gasteiger partial charge in [-0.1, -0.05) is 15.9 Å². The van der Waals surface area contributed by atoms with Crippen LogP contribution >= 0.6 is 15.9 Å². The first-order valence-corrected chi connectivity index (χ1v) is 5.10. The number of benzene rings is 1. The first-order chi connectivity index (χ1) is 5.41. The average Bonchev–Trinajstić information content (AvgIpc) is 1.92. The van der Waals surface area contributed by atoms with Crippen molar-refractivity contribution in [1.29, 1.82) is 0 Å². The van der Waals surface area contributed by atoms with Gasteiger partial charge in [0, 0.05) is 4.47 Å². The van der Waals surface area contributed by atoms with E-state index in [1.165, 1.54) is 12.1 Å². The summed E-state index contributed by atoms with van der Waals surface area (Å²) in [6.07, 6.45) is 0. The van der Waals surface area contributed by atoms with Crippen LogP contribution in [0.1, 0.15) is 0 Å². The molecule has 1 aromatic carbocycles. The van der Waals surface area contributed by atoms with Crippen molar-refractivity contribution >= 4 is 26.0 Å². The summed E-state index contributed by atoms with van der Waals surface area (Å²) in [5.41, 5.74) is 0. The maximum absolute atomic E-state index is 10.6. The fraction of sp³-hybridized carbons (Fsp3) is 0. The Morgan fingerprint density at radius 1 is 1.33 bits per heavy atom. The van der Waals surface area contributed by atoms with Gasteiger partial charge in [0.25, 0.3) is 10.1 Å². The fourth-order valence-electron chi connectivity index (χ4n) is 0.695. The Balaban J connectivity index is 3.43. The summed E-state index contributed by atoms with van der Waals surface area (Å²) in [5, 5.41) is 9.01. The highest BCUT2D eigenvalue weighted by molar-refractivity contribution is 9.10. The van der Waals surface area contributed by atoms with Crippen molar-refractivity contribution in [2.75, 3.05) is 0 Å². The number of hydrogen-bond donors (Lipinski definition) is 2. The van der Waals surface area contributed by atoms with Crippen LogP contribution in [-0.2, 0) is 10.1 Å². The molecule has 0 aliphatic rings. The minimum Gasteiger partial charge on any atom is -0.506 e. The molecular weight excluding hydrogens is 248 g/mol. The van der Waals surface area contributed by atoms with Gasteiger partial charge in [-0.2, -0.15) is 8.42 Å². The monoisotopic (exact) mass is 252 g/mol. The minimum absolute atomic E-state index is 0.466. The van der Waals surface area contributed by atoms with E-state index in [1.807, 2.05) is 0 Å². The van der Waals surface area contributed by atoms with Gasteiger partial charge in [0.05, 0.1) is 0 Å². The first kappa shape index (κ1) is 9.50. The van der Waals surface area contributed by atoms with Crippen LogP contribution in [0.2, 0.25) is 0 Å². The van der Waals surface area contributed by atoms with Gasteiger partial charge in [-0.25, -0.2) is 0 Å². The zero-order valence-corrected chi connectivity index (χ0v) is 8.13. The number of aromatic hydroxyl groups is 1. The average molecular weight is 253 g/mol. The van der Waals surface area contributed by atoms with Gasteiger partial charge in [0.2, 0.25) is 0 Å².